The van der Waals surface area contributed by atoms with Crippen LogP contribution >= 0.6 is 11.6 Å². The number of pyridine rings is 1. The molecule has 1 unspecified atom stereocenters. The number of halogens is 1. The van der Waals surface area contributed by atoms with Gasteiger partial charge in [-0.2, -0.15) is 4.98 Å². The number of ether oxygens (including phenoxy) is 5. The van der Waals surface area contributed by atoms with E-state index in [9.17, 15) is 0 Å². The molecule has 2 saturated heterocycles. The fourth-order valence-electron chi connectivity index (χ4n) is 5.92. The highest BCUT2D eigenvalue weighted by Gasteiger charge is 2.40. The van der Waals surface area contributed by atoms with Gasteiger partial charge in [-0.05, 0) is 23.2 Å². The first-order valence-electron chi connectivity index (χ1n) is 16.2. The highest BCUT2D eigenvalue weighted by molar-refractivity contribution is 6.76. The molecule has 10 heteroatoms. The third-order valence-electron chi connectivity index (χ3n) is 8.60. The van der Waals surface area contributed by atoms with Crippen molar-refractivity contribution in [2.75, 3.05) is 19.8 Å². The largest absolute Gasteiger partial charge is 0.459 e. The summed E-state index contributed by atoms with van der Waals surface area (Å²) >= 11 is 6.90. The van der Waals surface area contributed by atoms with E-state index in [0.29, 0.717) is 48.6 Å². The molecule has 0 bridgehead atoms. The molecule has 0 radical (unpaired) electrons. The van der Waals surface area contributed by atoms with E-state index in [0.717, 1.165) is 33.8 Å². The van der Waals surface area contributed by atoms with E-state index in [4.69, 9.17) is 45.3 Å². The number of fused-ring (bicyclic) bond motifs is 2. The molecule has 0 amide bonds. The molecule has 2 aromatic heterocycles. The van der Waals surface area contributed by atoms with Gasteiger partial charge in [0.2, 0.25) is 0 Å². The zero-order valence-electron chi connectivity index (χ0n) is 27.0. The average Bonchev–Trinajstić information content (AvgIpc) is 3.41. The van der Waals surface area contributed by atoms with Crippen LogP contribution in [0.2, 0.25) is 30.7 Å². The smallest absolute Gasteiger partial charge is 0.301 e. The number of rotatable bonds is 10. The normalized spacial score (nSPS) is 21.4. The molecule has 244 valence electrons. The first-order valence-corrected chi connectivity index (χ1v) is 20.3. The van der Waals surface area contributed by atoms with Crippen LogP contribution in [0.15, 0.2) is 91.0 Å². The lowest BCUT2D eigenvalue weighted by Crippen LogP contribution is -2.50. The molecule has 2 aliphatic rings. The van der Waals surface area contributed by atoms with Crippen LogP contribution in [0.5, 0.6) is 6.01 Å². The highest BCUT2D eigenvalue weighted by Crippen LogP contribution is 2.35. The van der Waals surface area contributed by atoms with Gasteiger partial charge in [-0.3, -0.25) is 4.57 Å². The van der Waals surface area contributed by atoms with E-state index in [1.165, 1.54) is 0 Å². The minimum atomic E-state index is -1.26. The second-order valence-corrected chi connectivity index (χ2v) is 19.4. The second-order valence-electron chi connectivity index (χ2n) is 13.4. The maximum atomic E-state index is 6.90. The minimum absolute atomic E-state index is 0.144. The van der Waals surface area contributed by atoms with Crippen molar-refractivity contribution in [3.8, 4) is 28.4 Å². The molecule has 0 N–H and O–H groups in total. The summed E-state index contributed by atoms with van der Waals surface area (Å²) in [6.45, 7) is 8.82. The Morgan fingerprint density at radius 3 is 2.28 bits per heavy atom. The van der Waals surface area contributed by atoms with Gasteiger partial charge in [-0.25, -0.2) is 4.98 Å². The number of hydrogen-bond donors (Lipinski definition) is 0. The van der Waals surface area contributed by atoms with Crippen molar-refractivity contribution in [2.24, 2.45) is 0 Å². The van der Waals surface area contributed by atoms with Crippen LogP contribution < -0.4 is 4.74 Å². The van der Waals surface area contributed by atoms with Gasteiger partial charge in [0.15, 0.2) is 11.9 Å². The fourth-order valence-corrected chi connectivity index (χ4v) is 6.93. The fraction of sp³-hybridized carbons (Fsp3) is 0.351. The molecule has 2 fully saturated rings. The predicted octanol–water partition coefficient (Wildman–Crippen LogP) is 8.38. The van der Waals surface area contributed by atoms with Crippen molar-refractivity contribution in [2.45, 2.75) is 63.4 Å². The summed E-state index contributed by atoms with van der Waals surface area (Å²) in [6, 6.07) is 31.9. The highest BCUT2D eigenvalue weighted by atomic mass is 35.5. The predicted molar refractivity (Wildman–Crippen MR) is 186 cm³/mol. The Labute approximate surface area is 281 Å². The summed E-state index contributed by atoms with van der Waals surface area (Å²) in [5, 5.41) is 0.533. The first kappa shape index (κ1) is 32.0. The van der Waals surface area contributed by atoms with E-state index < -0.39 is 14.4 Å². The second kappa shape index (κ2) is 13.9. The maximum Gasteiger partial charge on any atom is 0.301 e. The summed E-state index contributed by atoms with van der Waals surface area (Å²) in [5.41, 5.74) is 6.15. The summed E-state index contributed by atoms with van der Waals surface area (Å²) in [6.07, 6.45) is -0.379. The van der Waals surface area contributed by atoms with Gasteiger partial charge in [0, 0.05) is 32.2 Å². The summed E-state index contributed by atoms with van der Waals surface area (Å²) in [5.74, 6) is 0. The Balaban J connectivity index is 1.14. The molecule has 3 aromatic carbocycles. The number of imidazole rings is 1. The summed E-state index contributed by atoms with van der Waals surface area (Å²) in [4.78, 5) is 9.81. The van der Waals surface area contributed by atoms with E-state index in [2.05, 4.69) is 43.9 Å². The number of hydrogen-bond acceptors (Lipinski definition) is 7. The first-order chi connectivity index (χ1) is 22.8. The van der Waals surface area contributed by atoms with E-state index >= 15 is 0 Å². The Kier molecular flexibility index (Phi) is 9.45. The van der Waals surface area contributed by atoms with Crippen molar-refractivity contribution < 1.29 is 23.7 Å². The molecular weight excluding hydrogens is 630 g/mol. The van der Waals surface area contributed by atoms with Crippen LogP contribution in [-0.4, -0.2) is 60.7 Å². The van der Waals surface area contributed by atoms with Gasteiger partial charge in [-0.15, -0.1) is 0 Å². The summed E-state index contributed by atoms with van der Waals surface area (Å²) < 4.78 is 33.2. The van der Waals surface area contributed by atoms with Crippen LogP contribution in [0.1, 0.15) is 18.3 Å². The maximum absolute atomic E-state index is 6.90. The van der Waals surface area contributed by atoms with Crippen LogP contribution in [0.3, 0.4) is 0 Å². The molecule has 2 aliphatic heterocycles. The van der Waals surface area contributed by atoms with Crippen LogP contribution in [0, 0.1) is 0 Å². The number of aromatic nitrogens is 3. The third-order valence-corrected chi connectivity index (χ3v) is 10.6. The molecule has 4 heterocycles. The van der Waals surface area contributed by atoms with E-state index in [1.807, 2.05) is 71.3 Å². The zero-order chi connectivity index (χ0) is 32.4. The van der Waals surface area contributed by atoms with Gasteiger partial charge < -0.3 is 23.7 Å². The van der Waals surface area contributed by atoms with Crippen molar-refractivity contribution in [3.05, 3.63) is 102 Å². The molecule has 4 atom stereocenters. The van der Waals surface area contributed by atoms with E-state index in [-0.39, 0.29) is 25.0 Å². The van der Waals surface area contributed by atoms with Crippen molar-refractivity contribution in [1.29, 1.82) is 0 Å². The Hall–Kier alpha value is -3.57. The lowest BCUT2D eigenvalue weighted by molar-refractivity contribution is -0.286. The third kappa shape index (κ3) is 7.46. The van der Waals surface area contributed by atoms with Crippen molar-refractivity contribution in [1.82, 2.24) is 14.5 Å². The molecule has 5 aromatic rings. The average molecular weight is 670 g/mol. The molecule has 0 spiro atoms. The number of benzene rings is 3. The standard InChI is InChI=1S/C37H40ClN3O5Si/c1-47(2,3)19-18-42-24-41-31-21-30(38)34(27-16-14-26(15-17-27)25-10-6-4-7-11-25)39-35(31)40-37(41)45-29-20-32-33(43-22-29)23-44-36(46-32)28-12-8-5-9-13-28/h4-17,21,29,32-33,36H,18-20,22-24H2,1-3H3/t29-,32+,33-,36?/m1/s1. The lowest BCUT2D eigenvalue weighted by atomic mass is 10.0. The van der Waals surface area contributed by atoms with Crippen molar-refractivity contribution >= 4 is 30.8 Å². The SMILES string of the molecule is C[Si](C)(C)CCOCn1c(O[C@H]2CO[C@@H]3COC(c4ccccc4)O[C@H]3C2)nc2nc(-c3ccc(-c4ccccc4)cc3)c(Cl)cc21. The number of nitrogens with zero attached hydrogens (tertiary/aromatic N) is 3. The lowest BCUT2D eigenvalue weighted by Gasteiger charge is -2.41. The van der Waals surface area contributed by atoms with Gasteiger partial charge in [0.25, 0.3) is 0 Å². The van der Waals surface area contributed by atoms with Gasteiger partial charge in [-0.1, -0.05) is 116 Å². The van der Waals surface area contributed by atoms with Gasteiger partial charge in [0.1, 0.15) is 18.9 Å². The Bertz CT molecular complexity index is 1800. The topological polar surface area (TPSA) is 76.9 Å². The molecule has 0 saturated carbocycles. The zero-order valence-corrected chi connectivity index (χ0v) is 28.7. The molecule has 8 nitrogen and oxygen atoms in total. The quantitative estimate of drug-likeness (QED) is 0.109. The summed E-state index contributed by atoms with van der Waals surface area (Å²) in [7, 11) is -1.26. The molecular formula is C37H40ClN3O5Si. The molecule has 0 aliphatic carbocycles. The van der Waals surface area contributed by atoms with Crippen LogP contribution in [0.4, 0.5) is 0 Å². The van der Waals surface area contributed by atoms with Crippen LogP contribution in [-0.2, 0) is 25.7 Å². The van der Waals surface area contributed by atoms with Gasteiger partial charge in [0.05, 0.1) is 35.6 Å². The monoisotopic (exact) mass is 669 g/mol. The van der Waals surface area contributed by atoms with Crippen molar-refractivity contribution in [3.63, 3.8) is 0 Å². The molecule has 7 rings (SSSR count). The Morgan fingerprint density at radius 2 is 1.53 bits per heavy atom. The van der Waals surface area contributed by atoms with Gasteiger partial charge >= 0.3 is 6.01 Å². The van der Waals surface area contributed by atoms with Crippen LogP contribution in [0.25, 0.3) is 33.5 Å². The Morgan fingerprint density at radius 1 is 0.830 bits per heavy atom. The molecule has 47 heavy (non-hydrogen) atoms. The van der Waals surface area contributed by atoms with E-state index in [1.54, 1.807) is 0 Å². The minimum Gasteiger partial charge on any atom is -0.459 e.